The van der Waals surface area contributed by atoms with Gasteiger partial charge in [-0.1, -0.05) is 6.08 Å². The average Bonchev–Trinajstić information content (AvgIpc) is 2.76. The van der Waals surface area contributed by atoms with Crippen molar-refractivity contribution in [2.45, 2.75) is 5.85 Å². The summed E-state index contributed by atoms with van der Waals surface area (Å²) in [5.74, 6) is -1.78. The molecule has 0 bridgehead atoms. The van der Waals surface area contributed by atoms with Crippen LogP contribution in [0.25, 0.3) is 11.2 Å². The highest BCUT2D eigenvalue weighted by molar-refractivity contribution is 7.51. The van der Waals surface area contributed by atoms with Crippen molar-refractivity contribution in [3.63, 3.8) is 0 Å². The van der Waals surface area contributed by atoms with Crippen LogP contribution in [0.4, 0.5) is 5.82 Å². The lowest BCUT2D eigenvalue weighted by atomic mass is 10.4. The number of ether oxygens (including phenoxy) is 1. The number of hydrogen-bond acceptors (Lipinski definition) is 6. The van der Waals surface area contributed by atoms with E-state index in [0.29, 0.717) is 5.52 Å². The second-order valence-electron chi connectivity index (χ2n) is 3.63. The van der Waals surface area contributed by atoms with E-state index in [0.717, 1.165) is 0 Å². The summed E-state index contributed by atoms with van der Waals surface area (Å²) in [7, 11) is -4.60. The quantitative estimate of drug-likeness (QED) is 0.453. The number of anilines is 1. The van der Waals surface area contributed by atoms with Crippen LogP contribution in [0.5, 0.6) is 0 Å². The molecule has 1 unspecified atom stereocenters. The standard InChI is InChI=1S/C9H12N5O4P/c1-2-3-18-9(19(15,16)17)8-13-6(10)5-7(14-8)12-4-11-5/h2,4,9H,1,3H2,(H2,15,16,17)(H3,10,11,12,13,14). The maximum absolute atomic E-state index is 11.4. The van der Waals surface area contributed by atoms with E-state index in [9.17, 15) is 14.4 Å². The van der Waals surface area contributed by atoms with E-state index >= 15 is 0 Å². The first-order valence-corrected chi connectivity index (χ1v) is 6.86. The Hall–Kier alpha value is -1.80. The normalized spacial score (nSPS) is 13.6. The van der Waals surface area contributed by atoms with Crippen molar-refractivity contribution < 1.29 is 19.1 Å². The van der Waals surface area contributed by atoms with E-state index in [2.05, 4.69) is 26.5 Å². The summed E-state index contributed by atoms with van der Waals surface area (Å²) in [6.07, 6.45) is 2.72. The first-order valence-electron chi connectivity index (χ1n) is 5.17. The third-order valence-corrected chi connectivity index (χ3v) is 3.22. The molecule has 2 aromatic heterocycles. The predicted molar refractivity (Wildman–Crippen MR) is 67.0 cm³/mol. The summed E-state index contributed by atoms with van der Waals surface area (Å²) in [5.41, 5.74) is 6.27. The van der Waals surface area contributed by atoms with Crippen molar-refractivity contribution in [3.05, 3.63) is 24.8 Å². The van der Waals surface area contributed by atoms with Crippen LogP contribution in [0.15, 0.2) is 19.0 Å². The number of hydrogen-bond donors (Lipinski definition) is 4. The number of rotatable bonds is 5. The zero-order valence-corrected chi connectivity index (χ0v) is 10.6. The molecule has 10 heteroatoms. The Kier molecular flexibility index (Phi) is 3.63. The molecule has 2 rings (SSSR count). The molecule has 0 aliphatic carbocycles. The van der Waals surface area contributed by atoms with Gasteiger partial charge in [-0.15, -0.1) is 6.58 Å². The summed E-state index contributed by atoms with van der Waals surface area (Å²) in [6.45, 7) is 3.35. The Morgan fingerprint density at radius 1 is 1.58 bits per heavy atom. The van der Waals surface area contributed by atoms with Gasteiger partial charge in [0.1, 0.15) is 5.52 Å². The topological polar surface area (TPSA) is 147 Å². The second kappa shape index (κ2) is 5.06. The molecule has 0 aromatic carbocycles. The molecular formula is C9H12N5O4P. The largest absolute Gasteiger partial charge is 0.382 e. The maximum Gasteiger partial charge on any atom is 0.361 e. The molecule has 0 aliphatic heterocycles. The van der Waals surface area contributed by atoms with Crippen molar-refractivity contribution in [1.29, 1.82) is 0 Å². The Morgan fingerprint density at radius 2 is 2.32 bits per heavy atom. The van der Waals surface area contributed by atoms with Crippen molar-refractivity contribution in [3.8, 4) is 0 Å². The van der Waals surface area contributed by atoms with Gasteiger partial charge in [0.05, 0.1) is 12.9 Å². The maximum atomic E-state index is 11.4. The number of aromatic amines is 1. The summed E-state index contributed by atoms with van der Waals surface area (Å²) >= 11 is 0. The van der Waals surface area contributed by atoms with Gasteiger partial charge in [-0.25, -0.2) is 15.0 Å². The Morgan fingerprint density at radius 3 is 2.95 bits per heavy atom. The van der Waals surface area contributed by atoms with E-state index in [1.807, 2.05) is 0 Å². The average molecular weight is 285 g/mol. The molecule has 1 atom stereocenters. The predicted octanol–water partition coefficient (Wildman–Crippen LogP) is 0.314. The van der Waals surface area contributed by atoms with Crippen LogP contribution in [0.1, 0.15) is 11.7 Å². The Balaban J connectivity index is 2.49. The highest BCUT2D eigenvalue weighted by atomic mass is 31.2. The van der Waals surface area contributed by atoms with Crippen LogP contribution in [-0.4, -0.2) is 36.3 Å². The number of H-pyrrole nitrogens is 1. The van der Waals surface area contributed by atoms with Crippen LogP contribution < -0.4 is 5.73 Å². The van der Waals surface area contributed by atoms with Gasteiger partial charge in [-0.2, -0.15) is 0 Å². The molecule has 0 spiro atoms. The van der Waals surface area contributed by atoms with Gasteiger partial charge in [0.2, 0.25) is 5.85 Å². The SMILES string of the molecule is C=CCOC(c1nc(N)c2[nH]cnc2n1)P(=O)(O)O. The van der Waals surface area contributed by atoms with Crippen molar-refractivity contribution >= 4 is 24.6 Å². The third-order valence-electron chi connectivity index (χ3n) is 2.23. The van der Waals surface area contributed by atoms with Crippen LogP contribution in [0.3, 0.4) is 0 Å². The molecule has 0 amide bonds. The number of aromatic nitrogens is 4. The van der Waals surface area contributed by atoms with Gasteiger partial charge < -0.3 is 25.2 Å². The van der Waals surface area contributed by atoms with E-state index in [4.69, 9.17) is 10.5 Å². The lowest BCUT2D eigenvalue weighted by molar-refractivity contribution is 0.103. The van der Waals surface area contributed by atoms with Crippen molar-refractivity contribution in [2.24, 2.45) is 0 Å². The van der Waals surface area contributed by atoms with Crippen LogP contribution in [-0.2, 0) is 9.30 Å². The van der Waals surface area contributed by atoms with Crippen molar-refractivity contribution in [2.75, 3.05) is 12.3 Å². The molecule has 19 heavy (non-hydrogen) atoms. The number of nitrogen functional groups attached to an aromatic ring is 1. The summed E-state index contributed by atoms with van der Waals surface area (Å²) in [6, 6.07) is 0. The summed E-state index contributed by atoms with van der Waals surface area (Å²) in [4.78, 5) is 32.9. The second-order valence-corrected chi connectivity index (χ2v) is 5.28. The van der Waals surface area contributed by atoms with E-state index < -0.39 is 13.4 Å². The highest BCUT2D eigenvalue weighted by Gasteiger charge is 2.34. The van der Waals surface area contributed by atoms with Gasteiger partial charge in [0.15, 0.2) is 17.3 Å². The fourth-order valence-corrected chi connectivity index (χ4v) is 2.16. The van der Waals surface area contributed by atoms with Gasteiger partial charge in [-0.3, -0.25) is 4.57 Å². The van der Waals surface area contributed by atoms with Crippen LogP contribution in [0.2, 0.25) is 0 Å². The van der Waals surface area contributed by atoms with E-state index in [1.54, 1.807) is 0 Å². The van der Waals surface area contributed by atoms with Crippen molar-refractivity contribution in [1.82, 2.24) is 19.9 Å². The first kappa shape index (κ1) is 13.6. The monoisotopic (exact) mass is 285 g/mol. The number of fused-ring (bicyclic) bond motifs is 1. The minimum Gasteiger partial charge on any atom is -0.382 e. The third kappa shape index (κ3) is 2.79. The first-order chi connectivity index (χ1) is 8.93. The lowest BCUT2D eigenvalue weighted by Crippen LogP contribution is -2.11. The molecule has 0 radical (unpaired) electrons. The molecule has 0 fully saturated rings. The molecule has 2 heterocycles. The molecule has 5 N–H and O–H groups in total. The molecule has 0 saturated heterocycles. The smallest absolute Gasteiger partial charge is 0.361 e. The van der Waals surface area contributed by atoms with E-state index in [1.165, 1.54) is 12.4 Å². The molecule has 2 aromatic rings. The molecule has 0 saturated carbocycles. The Labute approximate surface area is 107 Å². The highest BCUT2D eigenvalue weighted by Crippen LogP contribution is 2.51. The van der Waals surface area contributed by atoms with Crippen LogP contribution in [0, 0.1) is 0 Å². The number of imidazole rings is 1. The number of nitrogens with zero attached hydrogens (tertiary/aromatic N) is 3. The van der Waals surface area contributed by atoms with Gasteiger partial charge in [-0.05, 0) is 0 Å². The molecule has 0 aliphatic rings. The molecule has 102 valence electrons. The zero-order valence-electron chi connectivity index (χ0n) is 9.72. The lowest BCUT2D eigenvalue weighted by Gasteiger charge is -2.17. The van der Waals surface area contributed by atoms with Crippen LogP contribution >= 0.6 is 7.60 Å². The van der Waals surface area contributed by atoms with Gasteiger partial charge >= 0.3 is 7.60 Å². The molecule has 9 nitrogen and oxygen atoms in total. The minimum atomic E-state index is -4.60. The van der Waals surface area contributed by atoms with Gasteiger partial charge in [0, 0.05) is 0 Å². The molecular weight excluding hydrogens is 273 g/mol. The number of nitrogens with one attached hydrogen (secondary N) is 1. The fraction of sp³-hybridized carbons (Fsp3) is 0.222. The Bertz CT molecular complexity index is 651. The summed E-state index contributed by atoms with van der Waals surface area (Å²) < 4.78 is 16.4. The number of nitrogens with two attached hydrogens (primary N) is 1. The minimum absolute atomic E-state index is 0.0400. The zero-order chi connectivity index (χ0) is 14.0. The fourth-order valence-electron chi connectivity index (χ4n) is 1.46. The van der Waals surface area contributed by atoms with E-state index in [-0.39, 0.29) is 23.9 Å². The summed E-state index contributed by atoms with van der Waals surface area (Å²) in [5, 5.41) is 0. The van der Waals surface area contributed by atoms with Gasteiger partial charge in [0.25, 0.3) is 0 Å².